The number of carbonyl (C=O) groups is 2. The smallest absolute Gasteiger partial charge is 0.313 e. The molecule has 3 aromatic rings. The number of para-hydroxylation sites is 1. The van der Waals surface area contributed by atoms with Crippen molar-refractivity contribution < 1.29 is 9.59 Å². The Morgan fingerprint density at radius 2 is 1.58 bits per heavy atom. The number of hydrogen-bond acceptors (Lipinski definition) is 3. The highest BCUT2D eigenvalue weighted by Gasteiger charge is 2.16. The second-order valence-corrected chi connectivity index (χ2v) is 7.95. The van der Waals surface area contributed by atoms with Crippen LogP contribution in [0.1, 0.15) is 16.7 Å². The monoisotopic (exact) mass is 433 g/mol. The summed E-state index contributed by atoms with van der Waals surface area (Å²) in [5.41, 5.74) is 5.54. The number of benzene rings is 3. The quantitative estimate of drug-likeness (QED) is 0.593. The maximum atomic E-state index is 12.0. The van der Waals surface area contributed by atoms with Gasteiger partial charge in [0.25, 0.3) is 0 Å². The van der Waals surface area contributed by atoms with Crippen LogP contribution in [0.4, 0.5) is 11.4 Å². The first kappa shape index (κ1) is 20.9. The lowest BCUT2D eigenvalue weighted by Crippen LogP contribution is -2.36. The lowest BCUT2D eigenvalue weighted by Gasteiger charge is -2.30. The minimum Gasteiger partial charge on any atom is -0.367 e. The molecule has 0 bridgehead atoms. The Morgan fingerprint density at radius 3 is 2.35 bits per heavy atom. The van der Waals surface area contributed by atoms with Crippen molar-refractivity contribution in [2.45, 2.75) is 19.4 Å². The molecule has 0 atom stereocenters. The third-order valence-electron chi connectivity index (χ3n) is 5.46. The predicted octanol–water partition coefficient (Wildman–Crippen LogP) is 4.20. The first-order valence-corrected chi connectivity index (χ1v) is 10.7. The van der Waals surface area contributed by atoms with E-state index in [-0.39, 0.29) is 0 Å². The molecule has 0 aliphatic carbocycles. The van der Waals surface area contributed by atoms with Crippen LogP contribution in [0, 0.1) is 0 Å². The molecule has 0 fully saturated rings. The largest absolute Gasteiger partial charge is 0.367 e. The van der Waals surface area contributed by atoms with E-state index in [1.165, 1.54) is 16.8 Å². The number of hydrogen-bond donors (Lipinski definition) is 2. The van der Waals surface area contributed by atoms with E-state index in [0.29, 0.717) is 23.7 Å². The van der Waals surface area contributed by atoms with Crippen LogP contribution < -0.4 is 15.5 Å². The van der Waals surface area contributed by atoms with Gasteiger partial charge in [-0.1, -0.05) is 60.1 Å². The van der Waals surface area contributed by atoms with Crippen molar-refractivity contribution in [1.82, 2.24) is 5.32 Å². The summed E-state index contributed by atoms with van der Waals surface area (Å²) in [5.74, 6) is -1.41. The zero-order chi connectivity index (χ0) is 21.6. The molecule has 6 heteroatoms. The Labute approximate surface area is 187 Å². The van der Waals surface area contributed by atoms with Gasteiger partial charge < -0.3 is 15.5 Å². The number of nitrogens with zero attached hydrogens (tertiary/aromatic N) is 1. The summed E-state index contributed by atoms with van der Waals surface area (Å²) < 4.78 is 0. The van der Waals surface area contributed by atoms with E-state index in [1.54, 1.807) is 24.3 Å². The van der Waals surface area contributed by atoms with Gasteiger partial charge in [0.1, 0.15) is 0 Å². The van der Waals surface area contributed by atoms with Crippen molar-refractivity contribution in [3.8, 4) is 0 Å². The second-order valence-electron chi connectivity index (χ2n) is 7.55. The predicted molar refractivity (Wildman–Crippen MR) is 124 cm³/mol. The Balaban J connectivity index is 1.26. The Bertz CT molecular complexity index is 1080. The summed E-state index contributed by atoms with van der Waals surface area (Å²) >= 11 is 6.00. The van der Waals surface area contributed by atoms with Crippen molar-refractivity contribution in [2.75, 3.05) is 23.3 Å². The van der Waals surface area contributed by atoms with Crippen LogP contribution in [0.25, 0.3) is 0 Å². The molecule has 5 nitrogen and oxygen atoms in total. The van der Waals surface area contributed by atoms with Crippen LogP contribution >= 0.6 is 11.6 Å². The zero-order valence-corrected chi connectivity index (χ0v) is 17.9. The molecule has 0 unspecified atom stereocenters. The van der Waals surface area contributed by atoms with Gasteiger partial charge in [-0.15, -0.1) is 0 Å². The molecule has 3 aromatic carbocycles. The van der Waals surface area contributed by atoms with Gasteiger partial charge >= 0.3 is 11.8 Å². The van der Waals surface area contributed by atoms with E-state index < -0.39 is 11.8 Å². The molecule has 2 N–H and O–H groups in total. The highest BCUT2D eigenvalue weighted by atomic mass is 35.5. The third kappa shape index (κ3) is 5.25. The van der Waals surface area contributed by atoms with Crippen LogP contribution in [0.5, 0.6) is 0 Å². The molecular formula is C25H24ClN3O2. The summed E-state index contributed by atoms with van der Waals surface area (Å²) in [7, 11) is 0. The van der Waals surface area contributed by atoms with Gasteiger partial charge in [-0.25, -0.2) is 0 Å². The Kier molecular flexibility index (Phi) is 6.53. The molecule has 158 valence electrons. The van der Waals surface area contributed by atoms with Crippen LogP contribution in [-0.4, -0.2) is 24.9 Å². The molecule has 0 saturated heterocycles. The molecule has 4 rings (SSSR count). The summed E-state index contributed by atoms with van der Waals surface area (Å²) in [6.07, 6.45) is 1.70. The van der Waals surface area contributed by atoms with Crippen molar-refractivity contribution >= 4 is 34.8 Å². The van der Waals surface area contributed by atoms with Gasteiger partial charge in [0.05, 0.1) is 10.7 Å². The fourth-order valence-electron chi connectivity index (χ4n) is 3.73. The van der Waals surface area contributed by atoms with Crippen LogP contribution in [0.3, 0.4) is 0 Å². The first-order chi connectivity index (χ1) is 15.1. The molecule has 0 aromatic heterocycles. The highest BCUT2D eigenvalue weighted by Crippen LogP contribution is 2.24. The Morgan fingerprint density at radius 1 is 0.871 bits per heavy atom. The van der Waals surface area contributed by atoms with Crippen LogP contribution in [0.15, 0.2) is 72.8 Å². The second kappa shape index (κ2) is 9.67. The zero-order valence-electron chi connectivity index (χ0n) is 17.1. The van der Waals surface area contributed by atoms with Crippen LogP contribution in [0.2, 0.25) is 5.02 Å². The van der Waals surface area contributed by atoms with Gasteiger partial charge in [0.2, 0.25) is 0 Å². The van der Waals surface area contributed by atoms with Gasteiger partial charge in [0.15, 0.2) is 0 Å². The average molecular weight is 434 g/mol. The molecule has 1 aliphatic rings. The van der Waals surface area contributed by atoms with E-state index in [1.807, 2.05) is 0 Å². The highest BCUT2D eigenvalue weighted by molar-refractivity contribution is 6.41. The summed E-state index contributed by atoms with van der Waals surface area (Å²) in [6.45, 7) is 2.31. The molecule has 31 heavy (non-hydrogen) atoms. The Hall–Kier alpha value is -3.31. The topological polar surface area (TPSA) is 61.4 Å². The number of amides is 2. The van der Waals surface area contributed by atoms with E-state index in [2.05, 4.69) is 64.1 Å². The van der Waals surface area contributed by atoms with Crippen molar-refractivity contribution in [3.05, 3.63) is 94.5 Å². The number of fused-ring (bicyclic) bond motifs is 1. The number of carbonyl (C=O) groups excluding carboxylic acids is 2. The normalized spacial score (nSPS) is 12.7. The van der Waals surface area contributed by atoms with E-state index >= 15 is 0 Å². The third-order valence-corrected chi connectivity index (χ3v) is 5.79. The van der Waals surface area contributed by atoms with Crippen molar-refractivity contribution in [2.24, 2.45) is 0 Å². The van der Waals surface area contributed by atoms with Crippen LogP contribution in [-0.2, 0) is 29.0 Å². The van der Waals surface area contributed by atoms with Gasteiger partial charge in [-0.3, -0.25) is 9.59 Å². The van der Waals surface area contributed by atoms with E-state index in [0.717, 1.165) is 25.1 Å². The minimum absolute atomic E-state index is 0.380. The maximum Gasteiger partial charge on any atom is 0.313 e. The average Bonchev–Trinajstić information content (AvgIpc) is 2.80. The summed E-state index contributed by atoms with van der Waals surface area (Å²) in [4.78, 5) is 26.4. The maximum absolute atomic E-state index is 12.0. The number of nitrogens with one attached hydrogen (secondary N) is 2. The molecule has 0 saturated carbocycles. The lowest BCUT2D eigenvalue weighted by atomic mass is 9.99. The molecular weight excluding hydrogens is 410 g/mol. The van der Waals surface area contributed by atoms with E-state index in [9.17, 15) is 9.59 Å². The minimum atomic E-state index is -0.728. The molecule has 0 radical (unpaired) electrons. The molecule has 0 spiro atoms. The standard InChI is InChI=1S/C25H24ClN3O2/c26-22-7-3-4-8-23(22)28-25(31)24(30)27-15-13-18-9-11-21(12-10-18)29-16-14-19-5-1-2-6-20(19)17-29/h1-12H,13-17H2,(H,27,30)(H,28,31). The first-order valence-electron chi connectivity index (χ1n) is 10.3. The van der Waals surface area contributed by atoms with Gasteiger partial charge in [-0.2, -0.15) is 0 Å². The number of rotatable bonds is 5. The summed E-state index contributed by atoms with van der Waals surface area (Å²) in [6, 6.07) is 23.8. The van der Waals surface area contributed by atoms with Crippen molar-refractivity contribution in [3.63, 3.8) is 0 Å². The molecule has 1 heterocycles. The van der Waals surface area contributed by atoms with E-state index in [4.69, 9.17) is 11.6 Å². The summed E-state index contributed by atoms with van der Waals surface area (Å²) in [5, 5.41) is 5.57. The van der Waals surface area contributed by atoms with Gasteiger partial charge in [0, 0.05) is 25.3 Å². The fourth-order valence-corrected chi connectivity index (χ4v) is 3.91. The number of halogens is 1. The number of anilines is 2. The fraction of sp³-hybridized carbons (Fsp3) is 0.200. The molecule has 1 aliphatic heterocycles. The lowest BCUT2D eigenvalue weighted by molar-refractivity contribution is -0.136. The van der Waals surface area contributed by atoms with Crippen molar-refractivity contribution in [1.29, 1.82) is 0 Å². The SMILES string of the molecule is O=C(NCCc1ccc(N2CCc3ccccc3C2)cc1)C(=O)Nc1ccccc1Cl. The molecule has 2 amide bonds. The van der Waals surface area contributed by atoms with Gasteiger partial charge in [-0.05, 0) is 53.8 Å².